The van der Waals surface area contributed by atoms with E-state index >= 15 is 0 Å². The van der Waals surface area contributed by atoms with Gasteiger partial charge in [0.25, 0.3) is 5.91 Å². The largest absolute Gasteiger partial charge is 0.341 e. The lowest BCUT2D eigenvalue weighted by Gasteiger charge is -2.43. The van der Waals surface area contributed by atoms with Gasteiger partial charge in [-0.25, -0.2) is 8.42 Å². The Labute approximate surface area is 216 Å². The number of hydrogen-bond acceptors (Lipinski definition) is 4. The molecule has 3 aromatic carbocycles. The summed E-state index contributed by atoms with van der Waals surface area (Å²) < 4.78 is 26.8. The third-order valence-electron chi connectivity index (χ3n) is 7.17. The van der Waals surface area contributed by atoms with Crippen LogP contribution >= 0.6 is 0 Å². The standard InChI is InChI=1S/C29H29N3O4S/c1-32-25-11-6-5-8-21(25)20-26(32)28(34)31-29(17-7-18-29)22-12-14-23(15-13-22)30-27(33)16-19-37(35,36)24-9-3-2-4-10-24/h2-6,8-15,20H,7,16-19H2,1H3,(H,30,33)(H,31,34). The van der Waals surface area contributed by atoms with E-state index in [0.717, 1.165) is 35.7 Å². The van der Waals surface area contributed by atoms with Gasteiger partial charge in [0.2, 0.25) is 5.91 Å². The topological polar surface area (TPSA) is 97.3 Å². The molecule has 0 atom stereocenters. The van der Waals surface area contributed by atoms with Gasteiger partial charge in [0.1, 0.15) is 5.69 Å². The number of nitrogens with one attached hydrogen (secondary N) is 2. The molecule has 0 spiro atoms. The van der Waals surface area contributed by atoms with Crippen LogP contribution in [0, 0.1) is 0 Å². The monoisotopic (exact) mass is 515 g/mol. The number of fused-ring (bicyclic) bond motifs is 1. The first-order valence-corrected chi connectivity index (χ1v) is 14.0. The molecule has 0 aliphatic heterocycles. The van der Waals surface area contributed by atoms with Crippen LogP contribution in [0.4, 0.5) is 5.69 Å². The highest BCUT2D eigenvalue weighted by atomic mass is 32.2. The SMILES string of the molecule is Cn1c(C(=O)NC2(c3ccc(NC(=O)CCS(=O)(=O)c4ccccc4)cc3)CCC2)cc2ccccc21. The van der Waals surface area contributed by atoms with E-state index in [1.54, 1.807) is 30.3 Å². The van der Waals surface area contributed by atoms with Crippen LogP contribution in [0.1, 0.15) is 41.7 Å². The van der Waals surface area contributed by atoms with Crippen LogP contribution in [0.3, 0.4) is 0 Å². The summed E-state index contributed by atoms with van der Waals surface area (Å²) in [5.74, 6) is -0.741. The van der Waals surface area contributed by atoms with Crippen molar-refractivity contribution in [2.45, 2.75) is 36.1 Å². The fraction of sp³-hybridized carbons (Fsp3) is 0.241. The first-order chi connectivity index (χ1) is 17.8. The van der Waals surface area contributed by atoms with Crippen LogP contribution < -0.4 is 10.6 Å². The fourth-order valence-electron chi connectivity index (χ4n) is 4.87. The molecule has 5 rings (SSSR count). The normalized spacial score (nSPS) is 14.6. The molecule has 8 heteroatoms. The average molecular weight is 516 g/mol. The van der Waals surface area contributed by atoms with Crippen molar-refractivity contribution in [3.8, 4) is 0 Å². The maximum Gasteiger partial charge on any atom is 0.268 e. The number of carbonyl (C=O) groups is 2. The second-order valence-electron chi connectivity index (χ2n) is 9.54. The van der Waals surface area contributed by atoms with E-state index in [1.165, 1.54) is 12.1 Å². The highest BCUT2D eigenvalue weighted by Crippen LogP contribution is 2.42. The molecule has 1 fully saturated rings. The lowest BCUT2D eigenvalue weighted by atomic mass is 9.71. The molecule has 0 bridgehead atoms. The number of anilines is 1. The number of amides is 2. The van der Waals surface area contributed by atoms with Crippen molar-refractivity contribution in [2.24, 2.45) is 7.05 Å². The molecule has 1 heterocycles. The van der Waals surface area contributed by atoms with Crippen molar-refractivity contribution in [1.82, 2.24) is 9.88 Å². The molecule has 1 aliphatic carbocycles. The number of para-hydroxylation sites is 1. The summed E-state index contributed by atoms with van der Waals surface area (Å²) in [6.45, 7) is 0. The highest BCUT2D eigenvalue weighted by Gasteiger charge is 2.40. The Bertz CT molecular complexity index is 1550. The van der Waals surface area contributed by atoms with Gasteiger partial charge in [-0.3, -0.25) is 9.59 Å². The zero-order chi connectivity index (χ0) is 26.0. The van der Waals surface area contributed by atoms with Gasteiger partial charge in [-0.2, -0.15) is 0 Å². The Hall–Kier alpha value is -3.91. The third kappa shape index (κ3) is 5.02. The van der Waals surface area contributed by atoms with E-state index in [4.69, 9.17) is 0 Å². The summed E-state index contributed by atoms with van der Waals surface area (Å²) in [6, 6.07) is 25.4. The van der Waals surface area contributed by atoms with Gasteiger partial charge in [-0.1, -0.05) is 48.5 Å². The molecule has 2 N–H and O–H groups in total. The molecule has 37 heavy (non-hydrogen) atoms. The van der Waals surface area contributed by atoms with E-state index in [0.29, 0.717) is 11.4 Å². The van der Waals surface area contributed by atoms with Crippen molar-refractivity contribution in [3.63, 3.8) is 0 Å². The summed E-state index contributed by atoms with van der Waals surface area (Å²) in [6.07, 6.45) is 2.56. The van der Waals surface area contributed by atoms with Crippen molar-refractivity contribution in [2.75, 3.05) is 11.1 Å². The predicted molar refractivity (Wildman–Crippen MR) is 144 cm³/mol. The average Bonchev–Trinajstić information content (AvgIpc) is 3.23. The van der Waals surface area contributed by atoms with Crippen LogP contribution in [-0.2, 0) is 27.2 Å². The molecule has 1 aromatic heterocycles. The van der Waals surface area contributed by atoms with Crippen molar-refractivity contribution < 1.29 is 18.0 Å². The van der Waals surface area contributed by atoms with Crippen LogP contribution in [0.2, 0.25) is 0 Å². The Kier molecular flexibility index (Phi) is 6.60. The first-order valence-electron chi connectivity index (χ1n) is 12.3. The third-order valence-corrected chi connectivity index (χ3v) is 8.90. The van der Waals surface area contributed by atoms with E-state index in [9.17, 15) is 18.0 Å². The Balaban J connectivity index is 1.23. The van der Waals surface area contributed by atoms with Crippen LogP contribution in [0.5, 0.6) is 0 Å². The number of sulfone groups is 1. The summed E-state index contributed by atoms with van der Waals surface area (Å²) in [5.41, 5.74) is 2.74. The summed E-state index contributed by atoms with van der Waals surface area (Å²) >= 11 is 0. The molecule has 190 valence electrons. The van der Waals surface area contributed by atoms with Crippen molar-refractivity contribution in [3.05, 3.63) is 96.2 Å². The fourth-order valence-corrected chi connectivity index (χ4v) is 6.13. The quantitative estimate of drug-likeness (QED) is 0.353. The number of benzene rings is 3. The molecule has 0 saturated heterocycles. The lowest BCUT2D eigenvalue weighted by Crippen LogP contribution is -2.51. The number of hydrogen-bond donors (Lipinski definition) is 2. The summed E-state index contributed by atoms with van der Waals surface area (Å²) in [5, 5.41) is 7.06. The number of rotatable bonds is 8. The van der Waals surface area contributed by atoms with Crippen LogP contribution in [0.15, 0.2) is 89.8 Å². The van der Waals surface area contributed by atoms with Gasteiger partial charge in [0.05, 0.1) is 16.2 Å². The zero-order valence-corrected chi connectivity index (χ0v) is 21.4. The molecule has 0 unspecified atom stereocenters. The second-order valence-corrected chi connectivity index (χ2v) is 11.7. The van der Waals surface area contributed by atoms with Gasteiger partial charge in [0.15, 0.2) is 9.84 Å². The second kappa shape index (κ2) is 9.86. The minimum atomic E-state index is -3.52. The molecule has 4 aromatic rings. The van der Waals surface area contributed by atoms with E-state index in [1.807, 2.05) is 54.1 Å². The van der Waals surface area contributed by atoms with Crippen LogP contribution in [-0.4, -0.2) is 30.6 Å². The van der Waals surface area contributed by atoms with Gasteiger partial charge >= 0.3 is 0 Å². The summed E-state index contributed by atoms with van der Waals surface area (Å²) in [7, 11) is -1.62. The zero-order valence-electron chi connectivity index (χ0n) is 20.6. The predicted octanol–water partition coefficient (Wildman–Crippen LogP) is 4.79. The Morgan fingerprint density at radius 3 is 2.24 bits per heavy atom. The van der Waals surface area contributed by atoms with E-state index in [-0.39, 0.29) is 28.9 Å². The van der Waals surface area contributed by atoms with Gasteiger partial charge in [-0.05, 0) is 61.2 Å². The molecule has 0 radical (unpaired) electrons. The number of nitrogens with zero attached hydrogens (tertiary/aromatic N) is 1. The lowest BCUT2D eigenvalue weighted by molar-refractivity contribution is -0.115. The van der Waals surface area contributed by atoms with Crippen molar-refractivity contribution >= 4 is 38.2 Å². The molecular weight excluding hydrogens is 486 g/mol. The molecular formula is C29H29N3O4S. The molecule has 7 nitrogen and oxygen atoms in total. The maximum absolute atomic E-state index is 13.2. The minimum Gasteiger partial charge on any atom is -0.341 e. The maximum atomic E-state index is 13.2. The molecule has 1 aliphatic rings. The minimum absolute atomic E-state index is 0.115. The summed E-state index contributed by atoms with van der Waals surface area (Å²) in [4.78, 5) is 25.9. The van der Waals surface area contributed by atoms with Crippen LogP contribution in [0.25, 0.3) is 10.9 Å². The number of aryl methyl sites for hydroxylation is 1. The van der Waals surface area contributed by atoms with Crippen molar-refractivity contribution in [1.29, 1.82) is 0 Å². The smallest absolute Gasteiger partial charge is 0.268 e. The van der Waals surface area contributed by atoms with E-state index in [2.05, 4.69) is 10.6 Å². The van der Waals surface area contributed by atoms with E-state index < -0.39 is 15.4 Å². The molecule has 1 saturated carbocycles. The van der Waals surface area contributed by atoms with Gasteiger partial charge in [-0.15, -0.1) is 0 Å². The highest BCUT2D eigenvalue weighted by molar-refractivity contribution is 7.91. The van der Waals surface area contributed by atoms with Gasteiger partial charge in [0, 0.05) is 30.1 Å². The van der Waals surface area contributed by atoms with Gasteiger partial charge < -0.3 is 15.2 Å². The first kappa shape index (κ1) is 24.8. The molecule has 2 amide bonds. The number of aromatic nitrogens is 1. The Morgan fingerprint density at radius 2 is 1.59 bits per heavy atom. The Morgan fingerprint density at radius 1 is 0.919 bits per heavy atom. The number of carbonyl (C=O) groups excluding carboxylic acids is 2.